The molecule has 2 aromatic rings. The second kappa shape index (κ2) is 5.92. The van der Waals surface area contributed by atoms with E-state index in [-0.39, 0.29) is 6.03 Å². The molecule has 2 amide bonds. The highest BCUT2D eigenvalue weighted by Gasteiger charge is 2.28. The summed E-state index contributed by atoms with van der Waals surface area (Å²) >= 11 is 1.89. The van der Waals surface area contributed by atoms with Gasteiger partial charge in [-0.25, -0.2) is 14.5 Å². The molecule has 0 atom stereocenters. The molecule has 3 heterocycles. The molecule has 0 unspecified atom stereocenters. The highest BCUT2D eigenvalue weighted by atomic mass is 32.1. The van der Waals surface area contributed by atoms with Gasteiger partial charge in [0, 0.05) is 30.9 Å². The summed E-state index contributed by atoms with van der Waals surface area (Å²) in [6.45, 7) is 1.54. The molecule has 8 heteroatoms. The summed E-state index contributed by atoms with van der Waals surface area (Å²) in [5.41, 5.74) is 1.33. The zero-order chi connectivity index (χ0) is 15.8. The zero-order valence-electron chi connectivity index (χ0n) is 13.2. The molecule has 0 radical (unpaired) electrons. The van der Waals surface area contributed by atoms with Crippen LogP contribution in [0.4, 0.5) is 10.6 Å². The van der Waals surface area contributed by atoms with E-state index in [1.807, 2.05) is 16.2 Å². The second-order valence-corrected chi connectivity index (χ2v) is 7.33. The van der Waals surface area contributed by atoms with Gasteiger partial charge in [-0.3, -0.25) is 5.32 Å². The Kier molecular flexibility index (Phi) is 3.76. The van der Waals surface area contributed by atoms with Gasteiger partial charge in [0.05, 0.1) is 16.9 Å². The number of thiazole rings is 1. The van der Waals surface area contributed by atoms with Crippen LogP contribution in [0.15, 0.2) is 6.20 Å². The summed E-state index contributed by atoms with van der Waals surface area (Å²) in [5, 5.41) is 11.7. The number of anilines is 1. The number of rotatable bonds is 2. The first-order chi connectivity index (χ1) is 11.2. The van der Waals surface area contributed by atoms with E-state index >= 15 is 0 Å². The maximum absolute atomic E-state index is 12.3. The number of hydrogen-bond donors (Lipinski definition) is 1. The van der Waals surface area contributed by atoms with Crippen molar-refractivity contribution in [3.8, 4) is 0 Å². The van der Waals surface area contributed by atoms with Crippen molar-refractivity contribution >= 4 is 23.2 Å². The number of aryl methyl sites for hydroxylation is 3. The average Bonchev–Trinajstić information content (AvgIpc) is 3.24. The van der Waals surface area contributed by atoms with Gasteiger partial charge in [0.15, 0.2) is 5.82 Å². The van der Waals surface area contributed by atoms with E-state index in [1.54, 1.807) is 17.9 Å². The molecular weight excluding hydrogens is 312 g/mol. The van der Waals surface area contributed by atoms with Gasteiger partial charge < -0.3 is 4.90 Å². The number of hydrogen-bond acceptors (Lipinski definition) is 5. The number of nitrogens with zero attached hydrogens (tertiary/aromatic N) is 5. The van der Waals surface area contributed by atoms with Crippen LogP contribution < -0.4 is 5.32 Å². The summed E-state index contributed by atoms with van der Waals surface area (Å²) in [5.74, 6) is 1.13. The van der Waals surface area contributed by atoms with E-state index in [9.17, 15) is 4.79 Å². The lowest BCUT2D eigenvalue weighted by Gasteiger charge is -2.31. The quantitative estimate of drug-likeness (QED) is 0.914. The molecule has 4 rings (SSSR count). The molecule has 0 aromatic carbocycles. The first-order valence-corrected chi connectivity index (χ1v) is 8.91. The molecule has 2 aromatic heterocycles. The van der Waals surface area contributed by atoms with Crippen LogP contribution in [0, 0.1) is 0 Å². The molecule has 1 aliphatic heterocycles. The Balaban J connectivity index is 1.35. The number of aromatic nitrogens is 4. The van der Waals surface area contributed by atoms with Crippen molar-refractivity contribution in [2.75, 3.05) is 18.4 Å². The SMILES string of the molecule is Cn1nncc1NC(=O)N1CCC(c2nc3c(s2)CCC3)CC1. The van der Waals surface area contributed by atoms with Gasteiger partial charge >= 0.3 is 6.03 Å². The fourth-order valence-electron chi connectivity index (χ4n) is 3.31. The minimum Gasteiger partial charge on any atom is -0.324 e. The van der Waals surface area contributed by atoms with Crippen molar-refractivity contribution in [2.45, 2.75) is 38.0 Å². The molecule has 1 fully saturated rings. The molecule has 1 N–H and O–H groups in total. The van der Waals surface area contributed by atoms with Gasteiger partial charge in [-0.15, -0.1) is 16.4 Å². The predicted molar refractivity (Wildman–Crippen MR) is 87.7 cm³/mol. The Bertz CT molecular complexity index is 694. The van der Waals surface area contributed by atoms with Gasteiger partial charge in [0.25, 0.3) is 0 Å². The number of amides is 2. The van der Waals surface area contributed by atoms with Crippen LogP contribution in [-0.2, 0) is 19.9 Å². The first-order valence-electron chi connectivity index (χ1n) is 8.10. The molecule has 1 aliphatic carbocycles. The first kappa shape index (κ1) is 14.6. The molecule has 23 heavy (non-hydrogen) atoms. The molecule has 1 saturated heterocycles. The van der Waals surface area contributed by atoms with E-state index in [2.05, 4.69) is 15.6 Å². The number of piperidine rings is 1. The van der Waals surface area contributed by atoms with E-state index in [0.717, 1.165) is 32.4 Å². The normalized spacial score (nSPS) is 18.2. The molecular formula is C15H20N6OS. The van der Waals surface area contributed by atoms with Crippen molar-refractivity contribution < 1.29 is 4.79 Å². The van der Waals surface area contributed by atoms with Gasteiger partial charge in [0.2, 0.25) is 0 Å². The summed E-state index contributed by atoms with van der Waals surface area (Å²) in [6.07, 6.45) is 7.14. The summed E-state index contributed by atoms with van der Waals surface area (Å²) in [6, 6.07) is -0.0736. The standard InChI is InChI=1S/C15H20N6OS/c1-20-13(9-16-19-20)18-15(22)21-7-5-10(6-8-21)14-17-11-3-2-4-12(11)23-14/h9-10H,2-8H2,1H3,(H,18,22). The van der Waals surface area contributed by atoms with E-state index in [4.69, 9.17) is 4.98 Å². The van der Waals surface area contributed by atoms with Gasteiger partial charge in [-0.05, 0) is 32.1 Å². The smallest absolute Gasteiger partial charge is 0.323 e. The van der Waals surface area contributed by atoms with Crippen LogP contribution in [0.2, 0.25) is 0 Å². The van der Waals surface area contributed by atoms with Crippen molar-refractivity contribution in [3.05, 3.63) is 21.8 Å². The molecule has 0 saturated carbocycles. The third-order valence-corrected chi connectivity index (χ3v) is 6.01. The van der Waals surface area contributed by atoms with Crippen molar-refractivity contribution in [3.63, 3.8) is 0 Å². The molecule has 2 aliphatic rings. The molecule has 0 spiro atoms. The number of fused-ring (bicyclic) bond motifs is 1. The van der Waals surface area contributed by atoms with Crippen molar-refractivity contribution in [1.29, 1.82) is 0 Å². The molecule has 122 valence electrons. The lowest BCUT2D eigenvalue weighted by atomic mass is 9.98. The number of likely N-dealkylation sites (tertiary alicyclic amines) is 1. The molecule has 0 bridgehead atoms. The lowest BCUT2D eigenvalue weighted by Crippen LogP contribution is -2.40. The highest BCUT2D eigenvalue weighted by Crippen LogP contribution is 2.35. The minimum atomic E-state index is -0.0736. The topological polar surface area (TPSA) is 75.9 Å². The Labute approximate surface area is 138 Å². The van der Waals surface area contributed by atoms with Crippen molar-refractivity contribution in [2.24, 2.45) is 7.05 Å². The predicted octanol–water partition coefficient (Wildman–Crippen LogP) is 2.17. The number of nitrogens with one attached hydrogen (secondary N) is 1. The fraction of sp³-hybridized carbons (Fsp3) is 0.600. The third kappa shape index (κ3) is 2.83. The van der Waals surface area contributed by atoms with Crippen LogP contribution in [-0.4, -0.2) is 44.0 Å². The number of urea groups is 1. The largest absolute Gasteiger partial charge is 0.324 e. The lowest BCUT2D eigenvalue weighted by molar-refractivity contribution is 0.194. The summed E-state index contributed by atoms with van der Waals surface area (Å²) in [4.78, 5) is 20.5. The maximum Gasteiger partial charge on any atom is 0.323 e. The molecule has 7 nitrogen and oxygen atoms in total. The Hall–Kier alpha value is -1.96. The van der Waals surface area contributed by atoms with Gasteiger partial charge in [-0.2, -0.15) is 0 Å². The summed E-state index contributed by atoms with van der Waals surface area (Å²) in [7, 11) is 1.76. The zero-order valence-corrected chi connectivity index (χ0v) is 14.0. The van der Waals surface area contributed by atoms with E-state index in [1.165, 1.54) is 28.4 Å². The van der Waals surface area contributed by atoms with Crippen LogP contribution in [0.1, 0.15) is 40.8 Å². The summed E-state index contributed by atoms with van der Waals surface area (Å²) < 4.78 is 1.56. The average molecular weight is 332 g/mol. The third-order valence-electron chi connectivity index (χ3n) is 4.69. The Morgan fingerprint density at radius 1 is 1.35 bits per heavy atom. The monoisotopic (exact) mass is 332 g/mol. The fourth-order valence-corrected chi connectivity index (χ4v) is 4.63. The van der Waals surface area contributed by atoms with E-state index in [0.29, 0.717) is 11.7 Å². The number of carbonyl (C=O) groups is 1. The maximum atomic E-state index is 12.3. The van der Waals surface area contributed by atoms with Crippen LogP contribution >= 0.6 is 11.3 Å². The highest BCUT2D eigenvalue weighted by molar-refractivity contribution is 7.11. The Morgan fingerprint density at radius 3 is 2.87 bits per heavy atom. The number of carbonyl (C=O) groups excluding carboxylic acids is 1. The van der Waals surface area contributed by atoms with Gasteiger partial charge in [0.1, 0.15) is 0 Å². The van der Waals surface area contributed by atoms with E-state index < -0.39 is 0 Å². The van der Waals surface area contributed by atoms with Crippen LogP contribution in [0.5, 0.6) is 0 Å². The van der Waals surface area contributed by atoms with Gasteiger partial charge in [-0.1, -0.05) is 5.21 Å². The second-order valence-electron chi connectivity index (χ2n) is 6.21. The van der Waals surface area contributed by atoms with Crippen molar-refractivity contribution in [1.82, 2.24) is 24.9 Å². The van der Waals surface area contributed by atoms with Crippen LogP contribution in [0.25, 0.3) is 0 Å². The van der Waals surface area contributed by atoms with Crippen LogP contribution in [0.3, 0.4) is 0 Å². The minimum absolute atomic E-state index is 0.0736. The Morgan fingerprint density at radius 2 is 2.17 bits per heavy atom.